The average Bonchev–Trinajstić information content (AvgIpc) is 2.35. The first-order chi connectivity index (χ1) is 8.63. The lowest BCUT2D eigenvalue weighted by molar-refractivity contribution is -0.145. The summed E-state index contributed by atoms with van der Waals surface area (Å²) >= 11 is 0. The highest BCUT2D eigenvalue weighted by atomic mass is 16.5. The second-order valence-corrected chi connectivity index (χ2v) is 3.78. The zero-order valence-electron chi connectivity index (χ0n) is 10.3. The molecule has 5 nitrogen and oxygen atoms in total. The van der Waals surface area contributed by atoms with Crippen LogP contribution in [0.15, 0.2) is 24.3 Å². The van der Waals surface area contributed by atoms with Crippen LogP contribution in [0.3, 0.4) is 0 Å². The number of carbonyl (C=O) groups is 1. The molecule has 0 heterocycles. The highest BCUT2D eigenvalue weighted by molar-refractivity contribution is 5.72. The first-order valence-electron chi connectivity index (χ1n) is 5.89. The van der Waals surface area contributed by atoms with Crippen molar-refractivity contribution < 1.29 is 24.5 Å². The van der Waals surface area contributed by atoms with E-state index in [2.05, 4.69) is 0 Å². The fraction of sp³-hybridized carbons (Fsp3) is 0.462. The molecule has 0 saturated heterocycles. The molecule has 0 amide bonds. The molecule has 5 heteroatoms. The van der Waals surface area contributed by atoms with Crippen molar-refractivity contribution in [2.45, 2.75) is 25.9 Å². The molecular formula is C13H18O5. The fourth-order valence-corrected chi connectivity index (χ4v) is 1.44. The summed E-state index contributed by atoms with van der Waals surface area (Å²) in [6.45, 7) is 3.04. The maximum atomic E-state index is 11.0. The number of aliphatic carboxylic acids is 1. The van der Waals surface area contributed by atoms with Gasteiger partial charge in [-0.1, -0.05) is 0 Å². The highest BCUT2D eigenvalue weighted by Crippen LogP contribution is 2.18. The first kappa shape index (κ1) is 14.3. The molecule has 1 aromatic rings. The molecule has 0 aliphatic carbocycles. The van der Waals surface area contributed by atoms with Crippen molar-refractivity contribution in [3.8, 4) is 11.5 Å². The highest BCUT2D eigenvalue weighted by Gasteiger charge is 2.18. The van der Waals surface area contributed by atoms with Gasteiger partial charge in [0.15, 0.2) is 6.10 Å². The summed E-state index contributed by atoms with van der Waals surface area (Å²) in [6, 6.07) is 5.98. The Morgan fingerprint density at radius 2 is 2.00 bits per heavy atom. The lowest BCUT2D eigenvalue weighted by Crippen LogP contribution is -2.27. The molecule has 0 aliphatic rings. The molecule has 18 heavy (non-hydrogen) atoms. The Kier molecular flexibility index (Phi) is 6.00. The van der Waals surface area contributed by atoms with E-state index < -0.39 is 12.1 Å². The van der Waals surface area contributed by atoms with E-state index in [9.17, 15) is 4.79 Å². The molecule has 1 rings (SSSR count). The van der Waals surface area contributed by atoms with Crippen LogP contribution in [0.4, 0.5) is 0 Å². The van der Waals surface area contributed by atoms with Gasteiger partial charge in [-0.15, -0.1) is 0 Å². The zero-order valence-corrected chi connectivity index (χ0v) is 10.3. The van der Waals surface area contributed by atoms with Crippen molar-refractivity contribution in [2.24, 2.45) is 0 Å². The van der Waals surface area contributed by atoms with Gasteiger partial charge in [0.25, 0.3) is 0 Å². The van der Waals surface area contributed by atoms with Crippen LogP contribution in [-0.2, 0) is 9.53 Å². The second-order valence-electron chi connectivity index (χ2n) is 3.78. The molecule has 0 bridgehead atoms. The van der Waals surface area contributed by atoms with Gasteiger partial charge in [0, 0.05) is 13.2 Å². The maximum Gasteiger partial charge on any atom is 0.344 e. The van der Waals surface area contributed by atoms with E-state index in [1.54, 1.807) is 0 Å². The molecule has 1 unspecified atom stereocenters. The maximum absolute atomic E-state index is 11.0. The van der Waals surface area contributed by atoms with Gasteiger partial charge in [-0.05, 0) is 44.0 Å². The molecule has 0 radical (unpaired) electrons. The number of ether oxygens (including phenoxy) is 2. The summed E-state index contributed by atoms with van der Waals surface area (Å²) in [7, 11) is 0. The van der Waals surface area contributed by atoms with E-state index in [-0.39, 0.29) is 5.75 Å². The van der Waals surface area contributed by atoms with Crippen molar-refractivity contribution in [3.63, 3.8) is 0 Å². The van der Waals surface area contributed by atoms with Crippen LogP contribution < -0.4 is 4.74 Å². The number of aromatic hydroxyl groups is 1. The topological polar surface area (TPSA) is 76.0 Å². The molecule has 1 atom stereocenters. The number of carboxylic acid groups (broad SMARTS) is 1. The van der Waals surface area contributed by atoms with Crippen LogP contribution in [0.25, 0.3) is 0 Å². The normalized spacial score (nSPS) is 12.1. The SMILES string of the molecule is CCOCCCC(Oc1ccc(O)cc1)C(=O)O. The van der Waals surface area contributed by atoms with Gasteiger partial charge in [-0.25, -0.2) is 4.79 Å². The monoisotopic (exact) mass is 254 g/mol. The number of phenols is 1. The molecule has 2 N–H and O–H groups in total. The van der Waals surface area contributed by atoms with E-state index in [4.69, 9.17) is 19.7 Å². The van der Waals surface area contributed by atoms with Crippen LogP contribution in [0.1, 0.15) is 19.8 Å². The van der Waals surface area contributed by atoms with Gasteiger partial charge in [-0.3, -0.25) is 0 Å². The van der Waals surface area contributed by atoms with Gasteiger partial charge in [-0.2, -0.15) is 0 Å². The zero-order chi connectivity index (χ0) is 13.4. The molecule has 1 aromatic carbocycles. The van der Waals surface area contributed by atoms with E-state index >= 15 is 0 Å². The van der Waals surface area contributed by atoms with Gasteiger partial charge in [0.1, 0.15) is 11.5 Å². The quantitative estimate of drug-likeness (QED) is 0.694. The molecular weight excluding hydrogens is 236 g/mol. The Hall–Kier alpha value is -1.75. The summed E-state index contributed by atoms with van der Waals surface area (Å²) in [5, 5.41) is 18.1. The first-order valence-corrected chi connectivity index (χ1v) is 5.89. The third kappa shape index (κ3) is 5.05. The Morgan fingerprint density at radius 1 is 1.33 bits per heavy atom. The summed E-state index contributed by atoms with van der Waals surface area (Å²) < 4.78 is 10.5. The number of rotatable bonds is 8. The fourth-order valence-electron chi connectivity index (χ4n) is 1.44. The second kappa shape index (κ2) is 7.55. The average molecular weight is 254 g/mol. The molecule has 0 spiro atoms. The molecule has 0 aliphatic heterocycles. The minimum Gasteiger partial charge on any atom is -0.508 e. The number of phenolic OH excluding ortho intramolecular Hbond substituents is 1. The predicted molar refractivity (Wildman–Crippen MR) is 65.9 cm³/mol. The van der Waals surface area contributed by atoms with Crippen molar-refractivity contribution >= 4 is 5.97 Å². The summed E-state index contributed by atoms with van der Waals surface area (Å²) in [5.74, 6) is -0.457. The molecule has 100 valence electrons. The Labute approximate surface area is 106 Å². The van der Waals surface area contributed by atoms with Crippen LogP contribution in [0.5, 0.6) is 11.5 Å². The lowest BCUT2D eigenvalue weighted by Gasteiger charge is -2.15. The largest absolute Gasteiger partial charge is 0.508 e. The smallest absolute Gasteiger partial charge is 0.344 e. The van der Waals surface area contributed by atoms with Crippen molar-refractivity contribution in [1.29, 1.82) is 0 Å². The number of benzene rings is 1. The Morgan fingerprint density at radius 3 is 2.56 bits per heavy atom. The van der Waals surface area contributed by atoms with Crippen molar-refractivity contribution in [2.75, 3.05) is 13.2 Å². The Bertz CT molecular complexity index is 360. The van der Waals surface area contributed by atoms with E-state index in [0.29, 0.717) is 31.8 Å². The third-order valence-electron chi connectivity index (χ3n) is 2.35. The van der Waals surface area contributed by atoms with E-state index in [1.807, 2.05) is 6.92 Å². The van der Waals surface area contributed by atoms with Crippen LogP contribution in [0, 0.1) is 0 Å². The van der Waals surface area contributed by atoms with Crippen molar-refractivity contribution in [1.82, 2.24) is 0 Å². The van der Waals surface area contributed by atoms with Gasteiger partial charge in [0.05, 0.1) is 0 Å². The standard InChI is InChI=1S/C13H18O5/c1-2-17-9-3-4-12(13(15)16)18-11-7-5-10(14)6-8-11/h5-8,12,14H,2-4,9H2,1H3,(H,15,16). The third-order valence-corrected chi connectivity index (χ3v) is 2.35. The molecule has 0 saturated carbocycles. The van der Waals surface area contributed by atoms with E-state index in [1.165, 1.54) is 24.3 Å². The van der Waals surface area contributed by atoms with Gasteiger partial charge < -0.3 is 19.7 Å². The number of hydrogen-bond donors (Lipinski definition) is 2. The number of carboxylic acids is 1. The minimum absolute atomic E-state index is 0.116. The Balaban J connectivity index is 2.47. The summed E-state index contributed by atoms with van der Waals surface area (Å²) in [4.78, 5) is 11.0. The van der Waals surface area contributed by atoms with Gasteiger partial charge >= 0.3 is 5.97 Å². The van der Waals surface area contributed by atoms with Crippen LogP contribution >= 0.6 is 0 Å². The predicted octanol–water partition coefficient (Wildman–Crippen LogP) is 2.04. The van der Waals surface area contributed by atoms with E-state index in [0.717, 1.165) is 0 Å². The molecule has 0 aromatic heterocycles. The summed E-state index contributed by atoms with van der Waals surface area (Å²) in [5.41, 5.74) is 0. The van der Waals surface area contributed by atoms with Crippen LogP contribution in [-0.4, -0.2) is 35.5 Å². The minimum atomic E-state index is -1.00. The summed E-state index contributed by atoms with van der Waals surface area (Å²) in [6.07, 6.45) is 0.119. The van der Waals surface area contributed by atoms with Crippen molar-refractivity contribution in [3.05, 3.63) is 24.3 Å². The van der Waals surface area contributed by atoms with Crippen LogP contribution in [0.2, 0.25) is 0 Å². The molecule has 0 fully saturated rings. The number of hydrogen-bond acceptors (Lipinski definition) is 4. The lowest BCUT2D eigenvalue weighted by atomic mass is 10.2. The van der Waals surface area contributed by atoms with Gasteiger partial charge in [0.2, 0.25) is 0 Å².